The summed E-state index contributed by atoms with van der Waals surface area (Å²) in [6.07, 6.45) is 0. The summed E-state index contributed by atoms with van der Waals surface area (Å²) >= 11 is 0. The number of hydrogen-bond acceptors (Lipinski definition) is 3. The van der Waals surface area contributed by atoms with Crippen molar-refractivity contribution in [3.05, 3.63) is 65.9 Å². The fourth-order valence-corrected chi connectivity index (χ4v) is 1.41. The van der Waals surface area contributed by atoms with Gasteiger partial charge in [-0.1, -0.05) is 0 Å². The average Bonchev–Trinajstić information content (AvgIpc) is 2.67. The van der Waals surface area contributed by atoms with Crippen LogP contribution in [0.4, 0.5) is 0 Å². The van der Waals surface area contributed by atoms with Crippen molar-refractivity contribution in [3.8, 4) is 0 Å². The van der Waals surface area contributed by atoms with Crippen LogP contribution < -0.4 is 16.9 Å². The van der Waals surface area contributed by atoms with Crippen molar-refractivity contribution in [3.63, 3.8) is 0 Å². The van der Waals surface area contributed by atoms with Crippen LogP contribution in [0.1, 0.15) is 0 Å². The van der Waals surface area contributed by atoms with Crippen LogP contribution in [-0.4, -0.2) is 19.0 Å². The summed E-state index contributed by atoms with van der Waals surface area (Å²) in [6, 6.07) is 0. The minimum atomic E-state index is -1.20. The summed E-state index contributed by atoms with van der Waals surface area (Å²) in [5, 5.41) is 0. The van der Waals surface area contributed by atoms with Crippen LogP contribution in [-0.2, 0) is 0 Å². The summed E-state index contributed by atoms with van der Waals surface area (Å²) in [5.74, 6) is 0. The van der Waals surface area contributed by atoms with Gasteiger partial charge in [-0.25, -0.2) is 9.59 Å². The molecule has 0 unspecified atom stereocenters. The molecule has 0 spiro atoms. The number of aromatic nitrogens is 4. The molecule has 2 heterocycles. The number of imidazole rings is 1. The number of nitrogens with zero attached hydrogens (tertiary/aromatic N) is 6. The second-order valence-corrected chi connectivity index (χ2v) is 2.95. The predicted molar refractivity (Wildman–Crippen MR) is 57.1 cm³/mol. The zero-order valence-electron chi connectivity index (χ0n) is 8.41. The van der Waals surface area contributed by atoms with Crippen LogP contribution in [0.5, 0.6) is 0 Å². The van der Waals surface area contributed by atoms with Crippen LogP contribution >= 0.6 is 0 Å². The van der Waals surface area contributed by atoms with Gasteiger partial charge in [0.1, 0.15) is 0 Å². The van der Waals surface area contributed by atoms with Gasteiger partial charge >= 0.3 is 16.9 Å². The summed E-state index contributed by atoms with van der Waals surface area (Å²) in [4.78, 5) is 45.0. The third-order valence-electron chi connectivity index (χ3n) is 2.12. The normalized spacial score (nSPS) is 9.61. The van der Waals surface area contributed by atoms with Crippen molar-refractivity contribution < 1.29 is 0 Å². The SMILES string of the molecule is [C-]#[N+]n1c(=O)c2c([nH]c(=O)n2[N+]#[C-])n([N+]#[C-])c1=O. The average molecular weight is 243 g/mol. The van der Waals surface area contributed by atoms with Gasteiger partial charge in [0, 0.05) is 9.35 Å². The van der Waals surface area contributed by atoms with Gasteiger partial charge in [-0.3, -0.25) is 9.78 Å². The largest absolute Gasteiger partial charge is 0.466 e. The van der Waals surface area contributed by atoms with E-state index in [9.17, 15) is 14.4 Å². The number of nitrogens with one attached hydrogen (secondary N) is 1. The standard InChI is InChI=1S/C8HN7O3/c1-9-13-4-5(12-7(13)17)14(10-2)8(18)15(11-3)6(4)16/h(H,12,17). The third kappa shape index (κ3) is 1.10. The smallest absolute Gasteiger partial charge is 0.280 e. The Morgan fingerprint density at radius 1 is 0.889 bits per heavy atom. The lowest BCUT2D eigenvalue weighted by atomic mass is 10.5. The molecule has 2 aromatic rings. The number of fused-ring (bicyclic) bond motifs is 1. The molecule has 0 saturated carbocycles. The molecule has 2 rings (SSSR count). The minimum Gasteiger partial charge on any atom is -0.280 e. The van der Waals surface area contributed by atoms with Gasteiger partial charge in [-0.2, -0.15) is 19.7 Å². The van der Waals surface area contributed by atoms with E-state index in [0.717, 1.165) is 0 Å². The highest BCUT2D eigenvalue weighted by Gasteiger charge is 2.27. The Labute approximate surface area is 96.9 Å². The molecule has 10 heteroatoms. The molecule has 0 aromatic carbocycles. The van der Waals surface area contributed by atoms with Gasteiger partial charge in [-0.15, -0.1) is 14.9 Å². The van der Waals surface area contributed by atoms with Crippen molar-refractivity contribution >= 4 is 11.2 Å². The maximum absolute atomic E-state index is 11.8. The van der Waals surface area contributed by atoms with E-state index in [1.807, 2.05) is 0 Å². The third-order valence-corrected chi connectivity index (χ3v) is 2.12. The zero-order valence-corrected chi connectivity index (χ0v) is 8.41. The van der Waals surface area contributed by atoms with E-state index in [2.05, 4.69) is 19.8 Å². The van der Waals surface area contributed by atoms with Gasteiger partial charge < -0.3 is 0 Å². The van der Waals surface area contributed by atoms with E-state index in [1.165, 1.54) is 0 Å². The van der Waals surface area contributed by atoms with Crippen LogP contribution in [0.15, 0.2) is 14.4 Å². The second-order valence-electron chi connectivity index (χ2n) is 2.95. The molecule has 0 fully saturated rings. The molecule has 0 aliphatic rings. The van der Waals surface area contributed by atoms with Crippen LogP contribution in [0.25, 0.3) is 26.0 Å². The highest BCUT2D eigenvalue weighted by Crippen LogP contribution is 2.02. The lowest BCUT2D eigenvalue weighted by Gasteiger charge is -1.90. The Kier molecular flexibility index (Phi) is 2.11. The molecule has 0 atom stereocenters. The minimum absolute atomic E-state index is 0.0787. The van der Waals surface area contributed by atoms with Crippen molar-refractivity contribution in [2.45, 2.75) is 0 Å². The predicted octanol–water partition coefficient (Wildman–Crippen LogP) is -1.30. The quantitative estimate of drug-likeness (QED) is 0.582. The highest BCUT2D eigenvalue weighted by molar-refractivity contribution is 5.70. The monoisotopic (exact) mass is 243 g/mol. The second kappa shape index (κ2) is 3.47. The summed E-state index contributed by atoms with van der Waals surface area (Å²) in [6.45, 7) is 20.3. The first-order valence-corrected chi connectivity index (χ1v) is 4.22. The number of H-pyrrole nitrogens is 1. The van der Waals surface area contributed by atoms with Gasteiger partial charge in [0.2, 0.25) is 11.2 Å². The first-order valence-electron chi connectivity index (χ1n) is 4.22. The van der Waals surface area contributed by atoms with E-state index >= 15 is 0 Å². The van der Waals surface area contributed by atoms with E-state index in [-0.39, 0.29) is 4.68 Å². The van der Waals surface area contributed by atoms with E-state index in [4.69, 9.17) is 19.7 Å². The van der Waals surface area contributed by atoms with Crippen LogP contribution in [0.2, 0.25) is 0 Å². The van der Waals surface area contributed by atoms with Crippen LogP contribution in [0, 0.1) is 19.7 Å². The number of hydrogen-bond donors (Lipinski definition) is 1. The van der Waals surface area contributed by atoms with Crippen LogP contribution in [0.3, 0.4) is 0 Å². The first kappa shape index (κ1) is 10.9. The molecule has 0 bridgehead atoms. The zero-order chi connectivity index (χ0) is 13.4. The maximum Gasteiger partial charge on any atom is 0.466 e. The number of rotatable bonds is 0. The fraction of sp³-hybridized carbons (Fsp3) is 0. The summed E-state index contributed by atoms with van der Waals surface area (Å²) < 4.78 is 0.785. The van der Waals surface area contributed by atoms with Crippen molar-refractivity contribution in [1.82, 2.24) is 19.0 Å². The summed E-state index contributed by atoms with van der Waals surface area (Å²) in [7, 11) is 0. The van der Waals surface area contributed by atoms with Crippen molar-refractivity contribution in [2.75, 3.05) is 0 Å². The number of aromatic amines is 1. The van der Waals surface area contributed by atoms with Crippen molar-refractivity contribution in [1.29, 1.82) is 0 Å². The van der Waals surface area contributed by atoms with E-state index in [0.29, 0.717) is 9.35 Å². The first-order chi connectivity index (χ1) is 8.56. The summed E-state index contributed by atoms with van der Waals surface area (Å²) in [5.41, 5.74) is -4.20. The Morgan fingerprint density at radius 3 is 1.94 bits per heavy atom. The molecular formula is C8HN7O3. The molecule has 10 nitrogen and oxygen atoms in total. The topological polar surface area (TPSA) is 94.9 Å². The molecular weight excluding hydrogens is 242 g/mol. The Balaban J connectivity index is 3.36. The molecule has 0 radical (unpaired) electrons. The molecule has 2 aromatic heterocycles. The fourth-order valence-electron chi connectivity index (χ4n) is 1.41. The lowest BCUT2D eigenvalue weighted by Crippen LogP contribution is -2.35. The Morgan fingerprint density at radius 2 is 1.44 bits per heavy atom. The molecule has 86 valence electrons. The lowest BCUT2D eigenvalue weighted by molar-refractivity contribution is 0.818. The van der Waals surface area contributed by atoms with Gasteiger partial charge in [0.25, 0.3) is 0 Å². The molecule has 0 saturated heterocycles. The van der Waals surface area contributed by atoms with E-state index in [1.54, 1.807) is 0 Å². The molecule has 18 heavy (non-hydrogen) atoms. The highest BCUT2D eigenvalue weighted by atomic mass is 16.2. The van der Waals surface area contributed by atoms with Crippen molar-refractivity contribution in [2.24, 2.45) is 0 Å². The van der Waals surface area contributed by atoms with E-state index < -0.39 is 28.1 Å². The Bertz CT molecular complexity index is 962. The van der Waals surface area contributed by atoms with Gasteiger partial charge in [-0.05, 0) is 0 Å². The molecule has 0 aliphatic heterocycles. The maximum atomic E-state index is 11.8. The Hall–Kier alpha value is -3.58. The van der Waals surface area contributed by atoms with Gasteiger partial charge in [0.15, 0.2) is 0 Å². The van der Waals surface area contributed by atoms with Gasteiger partial charge in [0.05, 0.1) is 4.68 Å². The molecule has 1 N–H and O–H groups in total. The molecule has 0 aliphatic carbocycles. The molecule has 0 amide bonds.